The van der Waals surface area contributed by atoms with Crippen molar-refractivity contribution in [2.45, 2.75) is 9.92 Å². The minimum atomic E-state index is -0.451. The van der Waals surface area contributed by atoms with E-state index in [1.807, 2.05) is 6.07 Å². The van der Waals surface area contributed by atoms with E-state index in [-0.39, 0.29) is 5.69 Å². The number of anilines is 1. The molecule has 118 valence electrons. The lowest BCUT2D eigenvalue weighted by Crippen LogP contribution is -1.94. The number of methoxy groups -OCH3 is 2. The quantitative estimate of drug-likeness (QED) is 0.583. The second-order valence-electron chi connectivity index (χ2n) is 4.69. The Balaban J connectivity index is 2.08. The van der Waals surface area contributed by atoms with Crippen molar-refractivity contribution in [3.8, 4) is 11.5 Å². The molecule has 0 aliphatic rings. The monoisotopic (exact) mass is 331 g/mol. The van der Waals surface area contributed by atoms with Gasteiger partial charge in [0.15, 0.2) is 11.5 Å². The van der Waals surface area contributed by atoms with E-state index < -0.39 is 5.82 Å². The number of nitrogens with zero attached hydrogens (tertiary/aromatic N) is 2. The molecule has 0 saturated carbocycles. The van der Waals surface area contributed by atoms with Gasteiger partial charge in [-0.2, -0.15) is 0 Å². The van der Waals surface area contributed by atoms with Gasteiger partial charge < -0.3 is 15.2 Å². The SMILES string of the molecule is COc1cc2ncnc(Sc3ccc(N)c(F)c3)c2cc1OC. The van der Waals surface area contributed by atoms with Crippen molar-refractivity contribution >= 4 is 28.4 Å². The molecule has 1 heterocycles. The van der Waals surface area contributed by atoms with E-state index in [0.29, 0.717) is 21.4 Å². The second kappa shape index (κ2) is 6.29. The predicted molar refractivity (Wildman–Crippen MR) is 87.6 cm³/mol. The third-order valence-electron chi connectivity index (χ3n) is 3.29. The van der Waals surface area contributed by atoms with Crippen molar-refractivity contribution < 1.29 is 13.9 Å². The van der Waals surface area contributed by atoms with Crippen LogP contribution in [0.5, 0.6) is 11.5 Å². The lowest BCUT2D eigenvalue weighted by atomic mass is 10.2. The molecule has 7 heteroatoms. The summed E-state index contributed by atoms with van der Waals surface area (Å²) in [6.45, 7) is 0. The van der Waals surface area contributed by atoms with Crippen molar-refractivity contribution in [3.05, 3.63) is 42.5 Å². The number of rotatable bonds is 4. The normalized spacial score (nSPS) is 10.7. The number of ether oxygens (including phenoxy) is 2. The average Bonchev–Trinajstić information content (AvgIpc) is 2.57. The Labute approximate surface area is 136 Å². The smallest absolute Gasteiger partial charge is 0.162 e. The Morgan fingerprint density at radius 1 is 1.04 bits per heavy atom. The summed E-state index contributed by atoms with van der Waals surface area (Å²) in [5.41, 5.74) is 6.34. The molecule has 0 unspecified atom stereocenters. The van der Waals surface area contributed by atoms with Crippen molar-refractivity contribution in [1.82, 2.24) is 9.97 Å². The van der Waals surface area contributed by atoms with Crippen LogP contribution in [-0.2, 0) is 0 Å². The van der Waals surface area contributed by atoms with Crippen LogP contribution in [0.3, 0.4) is 0 Å². The zero-order valence-electron chi connectivity index (χ0n) is 12.5. The van der Waals surface area contributed by atoms with Gasteiger partial charge in [0.1, 0.15) is 17.2 Å². The number of halogens is 1. The minimum Gasteiger partial charge on any atom is -0.493 e. The topological polar surface area (TPSA) is 70.3 Å². The summed E-state index contributed by atoms with van der Waals surface area (Å²) < 4.78 is 24.2. The molecular formula is C16H14FN3O2S. The van der Waals surface area contributed by atoms with Crippen LogP contribution in [0.4, 0.5) is 10.1 Å². The molecular weight excluding hydrogens is 317 g/mol. The maximum atomic E-state index is 13.6. The molecule has 23 heavy (non-hydrogen) atoms. The van der Waals surface area contributed by atoms with E-state index in [2.05, 4.69) is 9.97 Å². The first-order valence-corrected chi connectivity index (χ1v) is 7.53. The van der Waals surface area contributed by atoms with Crippen molar-refractivity contribution in [2.75, 3.05) is 20.0 Å². The third-order valence-corrected chi connectivity index (χ3v) is 4.30. The second-order valence-corrected chi connectivity index (χ2v) is 5.75. The molecule has 0 amide bonds. The highest BCUT2D eigenvalue weighted by molar-refractivity contribution is 7.99. The zero-order valence-corrected chi connectivity index (χ0v) is 13.4. The van der Waals surface area contributed by atoms with Gasteiger partial charge in [-0.1, -0.05) is 11.8 Å². The lowest BCUT2D eigenvalue weighted by molar-refractivity contribution is 0.355. The number of nitrogens with two attached hydrogens (primary N) is 1. The van der Waals surface area contributed by atoms with Gasteiger partial charge in [-0.15, -0.1) is 0 Å². The van der Waals surface area contributed by atoms with Gasteiger partial charge in [0.25, 0.3) is 0 Å². The van der Waals surface area contributed by atoms with Crippen LogP contribution in [0.2, 0.25) is 0 Å². The molecule has 2 aromatic carbocycles. The summed E-state index contributed by atoms with van der Waals surface area (Å²) in [5.74, 6) is 0.723. The third kappa shape index (κ3) is 3.00. The molecule has 2 N–H and O–H groups in total. The fourth-order valence-electron chi connectivity index (χ4n) is 2.12. The number of fused-ring (bicyclic) bond motifs is 1. The number of nitrogen functional groups attached to an aromatic ring is 1. The Morgan fingerprint density at radius 3 is 2.48 bits per heavy atom. The number of hydrogen-bond acceptors (Lipinski definition) is 6. The minimum absolute atomic E-state index is 0.119. The summed E-state index contributed by atoms with van der Waals surface area (Å²) >= 11 is 1.33. The Hall–Kier alpha value is -2.54. The maximum Gasteiger partial charge on any atom is 0.162 e. The van der Waals surface area contributed by atoms with Crippen LogP contribution in [-0.4, -0.2) is 24.2 Å². The highest BCUT2D eigenvalue weighted by atomic mass is 32.2. The molecule has 0 radical (unpaired) electrons. The number of hydrogen-bond donors (Lipinski definition) is 1. The van der Waals surface area contributed by atoms with Crippen LogP contribution >= 0.6 is 11.8 Å². The van der Waals surface area contributed by atoms with E-state index in [0.717, 1.165) is 10.9 Å². The molecule has 5 nitrogen and oxygen atoms in total. The van der Waals surface area contributed by atoms with E-state index in [1.165, 1.54) is 30.2 Å². The number of benzene rings is 2. The summed E-state index contributed by atoms with van der Waals surface area (Å²) in [7, 11) is 3.13. The van der Waals surface area contributed by atoms with Crippen molar-refractivity contribution in [1.29, 1.82) is 0 Å². The first-order valence-electron chi connectivity index (χ1n) is 6.72. The summed E-state index contributed by atoms with van der Waals surface area (Å²) in [6.07, 6.45) is 1.46. The molecule has 0 aliphatic heterocycles. The highest BCUT2D eigenvalue weighted by Crippen LogP contribution is 2.37. The van der Waals surface area contributed by atoms with Gasteiger partial charge in [0.05, 0.1) is 25.4 Å². The molecule has 3 rings (SSSR count). The molecule has 1 aromatic heterocycles. The van der Waals surface area contributed by atoms with Gasteiger partial charge in [-0.05, 0) is 24.3 Å². The van der Waals surface area contributed by atoms with E-state index in [1.54, 1.807) is 26.4 Å². The Bertz CT molecular complexity index is 873. The highest BCUT2D eigenvalue weighted by Gasteiger charge is 2.12. The standard InChI is InChI=1S/C16H14FN3O2S/c1-21-14-6-10-13(7-15(14)22-2)19-8-20-16(10)23-9-3-4-12(18)11(17)5-9/h3-8H,18H2,1-2H3. The largest absolute Gasteiger partial charge is 0.493 e. The fourth-order valence-corrected chi connectivity index (χ4v) is 3.02. The van der Waals surface area contributed by atoms with E-state index >= 15 is 0 Å². The Kier molecular flexibility index (Phi) is 4.20. The summed E-state index contributed by atoms with van der Waals surface area (Å²) in [4.78, 5) is 9.23. The van der Waals surface area contributed by atoms with Gasteiger partial charge in [-0.3, -0.25) is 0 Å². The van der Waals surface area contributed by atoms with E-state index in [9.17, 15) is 4.39 Å². The molecule has 0 saturated heterocycles. The van der Waals surface area contributed by atoms with Crippen molar-refractivity contribution in [3.63, 3.8) is 0 Å². The van der Waals surface area contributed by atoms with Crippen LogP contribution < -0.4 is 15.2 Å². The van der Waals surface area contributed by atoms with Crippen LogP contribution in [0.25, 0.3) is 10.9 Å². The molecule has 0 spiro atoms. The average molecular weight is 331 g/mol. The van der Waals surface area contributed by atoms with Crippen LogP contribution in [0, 0.1) is 5.82 Å². The maximum absolute atomic E-state index is 13.6. The fraction of sp³-hybridized carbons (Fsp3) is 0.125. The van der Waals surface area contributed by atoms with Crippen LogP contribution in [0.1, 0.15) is 0 Å². The molecule has 0 bridgehead atoms. The Morgan fingerprint density at radius 2 is 1.78 bits per heavy atom. The van der Waals surface area contributed by atoms with Gasteiger partial charge in [-0.25, -0.2) is 14.4 Å². The molecule has 0 atom stereocenters. The van der Waals surface area contributed by atoms with Crippen molar-refractivity contribution in [2.24, 2.45) is 0 Å². The van der Waals surface area contributed by atoms with Crippen LogP contribution in [0.15, 0.2) is 46.6 Å². The molecule has 0 fully saturated rings. The number of aromatic nitrogens is 2. The zero-order chi connectivity index (χ0) is 16.4. The van der Waals surface area contributed by atoms with Gasteiger partial charge in [0.2, 0.25) is 0 Å². The summed E-state index contributed by atoms with van der Waals surface area (Å²) in [5, 5.41) is 1.49. The first kappa shape index (κ1) is 15.4. The predicted octanol–water partition coefficient (Wildman–Crippen LogP) is 3.52. The van der Waals surface area contributed by atoms with Gasteiger partial charge >= 0.3 is 0 Å². The molecule has 3 aromatic rings. The van der Waals surface area contributed by atoms with Gasteiger partial charge in [0, 0.05) is 16.3 Å². The lowest BCUT2D eigenvalue weighted by Gasteiger charge is -2.10. The first-order chi connectivity index (χ1) is 11.1. The molecule has 0 aliphatic carbocycles. The summed E-state index contributed by atoms with van der Waals surface area (Å²) in [6, 6.07) is 8.25. The van der Waals surface area contributed by atoms with E-state index in [4.69, 9.17) is 15.2 Å².